The third-order valence-electron chi connectivity index (χ3n) is 3.23. The lowest BCUT2D eigenvalue weighted by atomic mass is 10.1. The number of phenolic OH excluding ortho intramolecular Hbond substituents is 1. The van der Waals surface area contributed by atoms with Crippen molar-refractivity contribution in [3.05, 3.63) is 29.8 Å². The molecule has 1 atom stereocenters. The first kappa shape index (κ1) is 13.8. The van der Waals surface area contributed by atoms with E-state index in [2.05, 4.69) is 10.2 Å². The zero-order chi connectivity index (χ0) is 13.7. The standard InChI is InChI=1S/C14H20N2O3/c1-2-19-14(18)13-9-15-7-8-16(13)10-11-3-5-12(17)6-4-11/h3-6,13,15,17H,2,7-10H2,1H3. The van der Waals surface area contributed by atoms with Gasteiger partial charge in [-0.3, -0.25) is 9.69 Å². The number of phenols is 1. The van der Waals surface area contributed by atoms with Gasteiger partial charge in [-0.15, -0.1) is 0 Å². The monoisotopic (exact) mass is 264 g/mol. The van der Waals surface area contributed by atoms with Crippen molar-refractivity contribution in [1.29, 1.82) is 0 Å². The first-order valence-electron chi connectivity index (χ1n) is 6.60. The second-order valence-electron chi connectivity index (χ2n) is 4.61. The van der Waals surface area contributed by atoms with E-state index < -0.39 is 0 Å². The van der Waals surface area contributed by atoms with Crippen LogP contribution in [0.3, 0.4) is 0 Å². The van der Waals surface area contributed by atoms with Crippen LogP contribution in [0.5, 0.6) is 5.75 Å². The molecule has 5 nitrogen and oxygen atoms in total. The number of ether oxygens (including phenoxy) is 1. The first-order valence-corrected chi connectivity index (χ1v) is 6.60. The highest BCUT2D eigenvalue weighted by Crippen LogP contribution is 2.14. The zero-order valence-electron chi connectivity index (χ0n) is 11.1. The van der Waals surface area contributed by atoms with Crippen LogP contribution in [0, 0.1) is 0 Å². The van der Waals surface area contributed by atoms with Crippen LogP contribution in [-0.2, 0) is 16.1 Å². The summed E-state index contributed by atoms with van der Waals surface area (Å²) in [6, 6.07) is 6.84. The minimum atomic E-state index is -0.234. The van der Waals surface area contributed by atoms with Gasteiger partial charge >= 0.3 is 5.97 Å². The van der Waals surface area contributed by atoms with Crippen molar-refractivity contribution in [2.24, 2.45) is 0 Å². The number of hydrogen-bond acceptors (Lipinski definition) is 5. The van der Waals surface area contributed by atoms with E-state index in [1.807, 2.05) is 19.1 Å². The molecule has 0 bridgehead atoms. The lowest BCUT2D eigenvalue weighted by molar-refractivity contribution is -0.150. The summed E-state index contributed by atoms with van der Waals surface area (Å²) in [6.07, 6.45) is 0. The Hall–Kier alpha value is -1.59. The van der Waals surface area contributed by atoms with Crippen LogP contribution in [0.2, 0.25) is 0 Å². The average Bonchev–Trinajstić information content (AvgIpc) is 2.42. The number of aromatic hydroxyl groups is 1. The molecule has 0 spiro atoms. The minimum Gasteiger partial charge on any atom is -0.508 e. The molecule has 2 rings (SSSR count). The molecule has 1 aromatic carbocycles. The van der Waals surface area contributed by atoms with E-state index in [9.17, 15) is 9.90 Å². The predicted octanol–water partition coefficient (Wildman–Crippen LogP) is 0.729. The summed E-state index contributed by atoms with van der Waals surface area (Å²) in [5, 5.41) is 12.5. The van der Waals surface area contributed by atoms with Gasteiger partial charge in [-0.1, -0.05) is 12.1 Å². The van der Waals surface area contributed by atoms with E-state index in [1.165, 1.54) is 0 Å². The van der Waals surface area contributed by atoms with E-state index >= 15 is 0 Å². The molecule has 0 amide bonds. The Balaban J connectivity index is 2.03. The molecule has 1 heterocycles. The molecule has 1 aliphatic heterocycles. The number of carbonyl (C=O) groups is 1. The SMILES string of the molecule is CCOC(=O)C1CNCCN1Cc1ccc(O)cc1. The molecule has 104 valence electrons. The summed E-state index contributed by atoms with van der Waals surface area (Å²) in [5.74, 6) is 0.0829. The Kier molecular flexibility index (Phi) is 4.76. The smallest absolute Gasteiger partial charge is 0.324 e. The first-order chi connectivity index (χ1) is 9.20. The van der Waals surface area contributed by atoms with E-state index in [-0.39, 0.29) is 17.8 Å². The number of hydrogen-bond donors (Lipinski definition) is 2. The number of nitrogens with one attached hydrogen (secondary N) is 1. The van der Waals surface area contributed by atoms with E-state index in [1.54, 1.807) is 12.1 Å². The number of benzene rings is 1. The summed E-state index contributed by atoms with van der Waals surface area (Å²) in [4.78, 5) is 14.0. The van der Waals surface area contributed by atoms with Crippen LogP contribution in [0.1, 0.15) is 12.5 Å². The predicted molar refractivity (Wildman–Crippen MR) is 71.8 cm³/mol. The molecule has 1 aromatic rings. The lowest BCUT2D eigenvalue weighted by Gasteiger charge is -2.34. The van der Waals surface area contributed by atoms with Gasteiger partial charge in [0.2, 0.25) is 0 Å². The summed E-state index contributed by atoms with van der Waals surface area (Å²) in [7, 11) is 0. The second kappa shape index (κ2) is 6.54. The van der Waals surface area contributed by atoms with Gasteiger partial charge in [0.05, 0.1) is 6.61 Å². The molecular weight excluding hydrogens is 244 g/mol. The van der Waals surface area contributed by atoms with Crippen molar-refractivity contribution in [3.8, 4) is 5.75 Å². The largest absolute Gasteiger partial charge is 0.508 e. The Morgan fingerprint density at radius 2 is 2.21 bits per heavy atom. The van der Waals surface area contributed by atoms with Crippen LogP contribution in [-0.4, -0.2) is 48.3 Å². The molecule has 0 saturated carbocycles. The van der Waals surface area contributed by atoms with Gasteiger partial charge in [0.1, 0.15) is 11.8 Å². The third-order valence-corrected chi connectivity index (χ3v) is 3.23. The van der Waals surface area contributed by atoms with Gasteiger partial charge in [0.25, 0.3) is 0 Å². The van der Waals surface area contributed by atoms with Crippen molar-refractivity contribution >= 4 is 5.97 Å². The number of piperazine rings is 1. The highest BCUT2D eigenvalue weighted by Gasteiger charge is 2.29. The van der Waals surface area contributed by atoms with Crippen LogP contribution in [0.25, 0.3) is 0 Å². The van der Waals surface area contributed by atoms with Gasteiger partial charge in [-0.2, -0.15) is 0 Å². The van der Waals surface area contributed by atoms with Gasteiger partial charge in [-0.05, 0) is 24.6 Å². The van der Waals surface area contributed by atoms with Crippen molar-refractivity contribution in [2.45, 2.75) is 19.5 Å². The van der Waals surface area contributed by atoms with Gasteiger partial charge < -0.3 is 15.2 Å². The lowest BCUT2D eigenvalue weighted by Crippen LogP contribution is -2.54. The fourth-order valence-electron chi connectivity index (χ4n) is 2.24. The Bertz CT molecular complexity index is 419. The molecule has 1 fully saturated rings. The third kappa shape index (κ3) is 3.68. The molecule has 5 heteroatoms. The normalized spacial score (nSPS) is 20.2. The number of nitrogens with zero attached hydrogens (tertiary/aromatic N) is 1. The molecule has 1 aliphatic rings. The topological polar surface area (TPSA) is 61.8 Å². The Morgan fingerprint density at radius 1 is 1.47 bits per heavy atom. The molecule has 0 radical (unpaired) electrons. The molecule has 0 aromatic heterocycles. The van der Waals surface area contributed by atoms with E-state index in [4.69, 9.17) is 4.74 Å². The summed E-state index contributed by atoms with van der Waals surface area (Å²) < 4.78 is 5.11. The summed E-state index contributed by atoms with van der Waals surface area (Å²) in [6.45, 7) is 5.21. The maximum atomic E-state index is 11.9. The molecular formula is C14H20N2O3. The molecule has 1 unspecified atom stereocenters. The van der Waals surface area contributed by atoms with Crippen LogP contribution < -0.4 is 5.32 Å². The summed E-state index contributed by atoms with van der Waals surface area (Å²) in [5.41, 5.74) is 1.08. The minimum absolute atomic E-state index is 0.173. The van der Waals surface area contributed by atoms with Gasteiger partial charge in [-0.25, -0.2) is 0 Å². The summed E-state index contributed by atoms with van der Waals surface area (Å²) >= 11 is 0. The fourth-order valence-corrected chi connectivity index (χ4v) is 2.24. The maximum absolute atomic E-state index is 11.9. The molecule has 0 aliphatic carbocycles. The molecule has 2 N–H and O–H groups in total. The van der Waals surface area contributed by atoms with Crippen molar-refractivity contribution in [2.75, 3.05) is 26.2 Å². The zero-order valence-corrected chi connectivity index (χ0v) is 11.1. The second-order valence-corrected chi connectivity index (χ2v) is 4.61. The average molecular weight is 264 g/mol. The van der Waals surface area contributed by atoms with Crippen LogP contribution in [0.15, 0.2) is 24.3 Å². The number of rotatable bonds is 4. The maximum Gasteiger partial charge on any atom is 0.324 e. The Labute approximate surface area is 113 Å². The van der Waals surface area contributed by atoms with Crippen LogP contribution in [0.4, 0.5) is 0 Å². The van der Waals surface area contributed by atoms with Crippen molar-refractivity contribution < 1.29 is 14.6 Å². The highest BCUT2D eigenvalue weighted by atomic mass is 16.5. The van der Waals surface area contributed by atoms with Crippen molar-refractivity contribution in [3.63, 3.8) is 0 Å². The number of carbonyl (C=O) groups excluding carboxylic acids is 1. The van der Waals surface area contributed by atoms with E-state index in [0.717, 1.165) is 18.7 Å². The fraction of sp³-hybridized carbons (Fsp3) is 0.500. The quantitative estimate of drug-likeness (QED) is 0.785. The van der Waals surface area contributed by atoms with Crippen molar-refractivity contribution in [1.82, 2.24) is 10.2 Å². The molecule has 1 saturated heterocycles. The molecule has 19 heavy (non-hydrogen) atoms. The van der Waals surface area contributed by atoms with Gasteiger partial charge in [0.15, 0.2) is 0 Å². The van der Waals surface area contributed by atoms with Gasteiger partial charge in [0, 0.05) is 26.2 Å². The van der Waals surface area contributed by atoms with Crippen LogP contribution >= 0.6 is 0 Å². The van der Waals surface area contributed by atoms with E-state index in [0.29, 0.717) is 19.7 Å². The Morgan fingerprint density at radius 3 is 2.89 bits per heavy atom. The number of esters is 1. The highest BCUT2D eigenvalue weighted by molar-refractivity contribution is 5.76.